The van der Waals surface area contributed by atoms with Crippen molar-refractivity contribution in [3.63, 3.8) is 0 Å². The van der Waals surface area contributed by atoms with Crippen molar-refractivity contribution in [1.29, 1.82) is 0 Å². The second-order valence-corrected chi connectivity index (χ2v) is 3.41. The van der Waals surface area contributed by atoms with Crippen LogP contribution in [0.15, 0.2) is 42.5 Å². The van der Waals surface area contributed by atoms with Crippen LogP contribution in [-0.2, 0) is 0 Å². The molecule has 2 nitrogen and oxygen atoms in total. The van der Waals surface area contributed by atoms with Crippen LogP contribution in [0.3, 0.4) is 0 Å². The smallest absolute Gasteiger partial charge is 0.0425 e. The topological polar surface area (TPSA) is 52.0 Å². The van der Waals surface area contributed by atoms with Gasteiger partial charge in [-0.15, -0.1) is 12.4 Å². The molecule has 2 aromatic rings. The Morgan fingerprint density at radius 1 is 1.00 bits per heavy atom. The molecule has 0 fully saturated rings. The molecule has 0 aromatic heterocycles. The number of benzene rings is 2. The fraction of sp³-hybridized carbons (Fsp3) is 0.167. The Hall–Kier alpha value is -1.09. The van der Waals surface area contributed by atoms with Crippen molar-refractivity contribution in [2.24, 2.45) is 11.5 Å². The van der Waals surface area contributed by atoms with Crippen molar-refractivity contribution in [2.75, 3.05) is 6.54 Å². The van der Waals surface area contributed by atoms with Gasteiger partial charge in [0.15, 0.2) is 0 Å². The zero-order valence-corrected chi connectivity index (χ0v) is 9.21. The molecule has 2 aromatic carbocycles. The normalized spacial score (nSPS) is 12.1. The molecular formula is C12H15ClN2. The lowest BCUT2D eigenvalue weighted by molar-refractivity contribution is 0.743. The van der Waals surface area contributed by atoms with E-state index in [0.29, 0.717) is 6.54 Å². The second kappa shape index (κ2) is 5.12. The van der Waals surface area contributed by atoms with Crippen LogP contribution in [-0.4, -0.2) is 6.54 Å². The fourth-order valence-electron chi connectivity index (χ4n) is 1.70. The molecule has 1 atom stereocenters. The third-order valence-electron chi connectivity index (χ3n) is 2.48. The average molecular weight is 223 g/mol. The second-order valence-electron chi connectivity index (χ2n) is 3.41. The predicted molar refractivity (Wildman–Crippen MR) is 67.2 cm³/mol. The Kier molecular flexibility index (Phi) is 4.09. The summed E-state index contributed by atoms with van der Waals surface area (Å²) in [5.74, 6) is 0. The van der Waals surface area contributed by atoms with Gasteiger partial charge in [0, 0.05) is 12.6 Å². The van der Waals surface area contributed by atoms with E-state index in [0.717, 1.165) is 5.56 Å². The summed E-state index contributed by atoms with van der Waals surface area (Å²) in [6.45, 7) is 0.480. The minimum absolute atomic E-state index is 0. The van der Waals surface area contributed by atoms with Crippen molar-refractivity contribution in [1.82, 2.24) is 0 Å². The van der Waals surface area contributed by atoms with E-state index in [9.17, 15) is 0 Å². The quantitative estimate of drug-likeness (QED) is 0.819. The van der Waals surface area contributed by atoms with Gasteiger partial charge in [0.1, 0.15) is 0 Å². The summed E-state index contributed by atoms with van der Waals surface area (Å²) >= 11 is 0. The van der Waals surface area contributed by atoms with E-state index in [1.165, 1.54) is 10.8 Å². The zero-order valence-electron chi connectivity index (χ0n) is 8.39. The summed E-state index contributed by atoms with van der Waals surface area (Å²) < 4.78 is 0. The number of fused-ring (bicyclic) bond motifs is 1. The van der Waals surface area contributed by atoms with Gasteiger partial charge in [0.05, 0.1) is 0 Å². The Morgan fingerprint density at radius 2 is 1.67 bits per heavy atom. The average Bonchev–Trinajstić information content (AvgIpc) is 2.27. The highest BCUT2D eigenvalue weighted by atomic mass is 35.5. The summed E-state index contributed by atoms with van der Waals surface area (Å²) in [6, 6.07) is 14.3. The molecule has 4 N–H and O–H groups in total. The molecule has 0 bridgehead atoms. The molecule has 0 aliphatic carbocycles. The van der Waals surface area contributed by atoms with E-state index < -0.39 is 0 Å². The minimum atomic E-state index is -0.0684. The predicted octanol–water partition coefficient (Wildman–Crippen LogP) is 2.22. The maximum Gasteiger partial charge on any atom is 0.0425 e. The molecule has 15 heavy (non-hydrogen) atoms. The van der Waals surface area contributed by atoms with Gasteiger partial charge in [0.2, 0.25) is 0 Å². The number of nitrogens with two attached hydrogens (primary N) is 2. The highest BCUT2D eigenvalue weighted by Crippen LogP contribution is 2.22. The molecular weight excluding hydrogens is 208 g/mol. The van der Waals surface area contributed by atoms with Gasteiger partial charge in [-0.25, -0.2) is 0 Å². The third-order valence-corrected chi connectivity index (χ3v) is 2.48. The first-order chi connectivity index (χ1) is 6.83. The largest absolute Gasteiger partial charge is 0.329 e. The van der Waals surface area contributed by atoms with E-state index in [1.807, 2.05) is 24.3 Å². The molecule has 0 aliphatic heterocycles. The molecule has 0 radical (unpaired) electrons. The van der Waals surface area contributed by atoms with Crippen molar-refractivity contribution in [2.45, 2.75) is 6.04 Å². The van der Waals surface area contributed by atoms with Gasteiger partial charge in [-0.3, -0.25) is 0 Å². The first-order valence-electron chi connectivity index (χ1n) is 4.76. The Balaban J connectivity index is 0.00000112. The van der Waals surface area contributed by atoms with E-state index in [1.54, 1.807) is 0 Å². The first kappa shape index (κ1) is 12.0. The standard InChI is InChI=1S/C12H14N2.ClH/c13-8-12(14)11-7-3-5-9-4-1-2-6-10(9)11;/h1-7,12H,8,13-14H2;1H. The Morgan fingerprint density at radius 3 is 2.40 bits per heavy atom. The lowest BCUT2D eigenvalue weighted by atomic mass is 9.99. The molecule has 2 rings (SSSR count). The first-order valence-corrected chi connectivity index (χ1v) is 4.76. The van der Waals surface area contributed by atoms with Gasteiger partial charge < -0.3 is 11.5 Å². The van der Waals surface area contributed by atoms with Gasteiger partial charge in [-0.2, -0.15) is 0 Å². The highest BCUT2D eigenvalue weighted by Gasteiger charge is 2.06. The lowest BCUT2D eigenvalue weighted by Gasteiger charge is -2.12. The highest BCUT2D eigenvalue weighted by molar-refractivity contribution is 5.86. The van der Waals surface area contributed by atoms with Crippen LogP contribution in [0.4, 0.5) is 0 Å². The molecule has 0 spiro atoms. The number of halogens is 1. The third kappa shape index (κ3) is 2.29. The van der Waals surface area contributed by atoms with E-state index in [2.05, 4.69) is 18.2 Å². The van der Waals surface area contributed by atoms with Crippen molar-refractivity contribution < 1.29 is 0 Å². The lowest BCUT2D eigenvalue weighted by Crippen LogP contribution is -2.20. The molecule has 0 heterocycles. The molecule has 0 amide bonds. The molecule has 3 heteroatoms. The summed E-state index contributed by atoms with van der Waals surface area (Å²) in [4.78, 5) is 0. The van der Waals surface area contributed by atoms with Gasteiger partial charge >= 0.3 is 0 Å². The summed E-state index contributed by atoms with van der Waals surface area (Å²) in [5, 5.41) is 2.42. The SMILES string of the molecule is Cl.NCC(N)c1cccc2ccccc12. The van der Waals surface area contributed by atoms with Crippen LogP contribution >= 0.6 is 12.4 Å². The van der Waals surface area contributed by atoms with Crippen molar-refractivity contribution in [3.05, 3.63) is 48.0 Å². The molecule has 0 saturated heterocycles. The maximum atomic E-state index is 5.94. The van der Waals surface area contributed by atoms with E-state index in [-0.39, 0.29) is 18.4 Å². The summed E-state index contributed by atoms with van der Waals surface area (Å²) in [7, 11) is 0. The number of hydrogen-bond donors (Lipinski definition) is 2. The van der Waals surface area contributed by atoms with Crippen LogP contribution in [0.5, 0.6) is 0 Å². The van der Waals surface area contributed by atoms with Crippen LogP contribution < -0.4 is 11.5 Å². The van der Waals surface area contributed by atoms with Crippen LogP contribution in [0.1, 0.15) is 11.6 Å². The van der Waals surface area contributed by atoms with Crippen LogP contribution in [0, 0.1) is 0 Å². The number of rotatable bonds is 2. The number of hydrogen-bond acceptors (Lipinski definition) is 2. The summed E-state index contributed by atoms with van der Waals surface area (Å²) in [6.07, 6.45) is 0. The Labute approximate surface area is 95.7 Å². The van der Waals surface area contributed by atoms with Crippen molar-refractivity contribution >= 4 is 23.2 Å². The van der Waals surface area contributed by atoms with Gasteiger partial charge in [0.25, 0.3) is 0 Å². The zero-order chi connectivity index (χ0) is 9.97. The minimum Gasteiger partial charge on any atom is -0.329 e. The van der Waals surface area contributed by atoms with Gasteiger partial charge in [-0.1, -0.05) is 42.5 Å². The Bertz CT molecular complexity index is 437. The molecule has 0 saturated carbocycles. The molecule has 0 aliphatic rings. The van der Waals surface area contributed by atoms with Crippen LogP contribution in [0.25, 0.3) is 10.8 Å². The van der Waals surface area contributed by atoms with Crippen molar-refractivity contribution in [3.8, 4) is 0 Å². The van der Waals surface area contributed by atoms with Crippen LogP contribution in [0.2, 0.25) is 0 Å². The summed E-state index contributed by atoms with van der Waals surface area (Å²) in [5.41, 5.74) is 12.6. The van der Waals surface area contributed by atoms with Gasteiger partial charge in [-0.05, 0) is 16.3 Å². The van der Waals surface area contributed by atoms with E-state index in [4.69, 9.17) is 11.5 Å². The fourth-order valence-corrected chi connectivity index (χ4v) is 1.70. The van der Waals surface area contributed by atoms with E-state index >= 15 is 0 Å². The maximum absolute atomic E-state index is 5.94. The monoisotopic (exact) mass is 222 g/mol. The molecule has 1 unspecified atom stereocenters. The molecule has 80 valence electrons.